The van der Waals surface area contributed by atoms with Crippen LogP contribution >= 0.6 is 0 Å². The average molecular weight is 272 g/mol. The summed E-state index contributed by atoms with van der Waals surface area (Å²) < 4.78 is 0. The molecule has 0 spiro atoms. The fourth-order valence-electron chi connectivity index (χ4n) is 2.09. The monoisotopic (exact) mass is 272 g/mol. The highest BCUT2D eigenvalue weighted by atomic mass is 14.9. The van der Waals surface area contributed by atoms with E-state index in [1.807, 2.05) is 18.2 Å². The van der Waals surface area contributed by atoms with Crippen LogP contribution in [0.25, 0.3) is 0 Å². The van der Waals surface area contributed by atoms with E-state index in [0.717, 1.165) is 13.0 Å². The summed E-state index contributed by atoms with van der Waals surface area (Å²) in [5, 5.41) is 0. The predicted octanol–water partition coefficient (Wildman–Crippen LogP) is 5.46. The molecule has 0 fully saturated rings. The van der Waals surface area contributed by atoms with E-state index in [4.69, 9.17) is 0 Å². The number of aliphatic imine (C=N–C) groups is 2. The molecule has 0 heterocycles. The van der Waals surface area contributed by atoms with Gasteiger partial charge in [0.2, 0.25) is 0 Å². The van der Waals surface area contributed by atoms with E-state index in [-0.39, 0.29) is 5.54 Å². The first-order chi connectivity index (χ1) is 9.67. The number of benzene rings is 1. The van der Waals surface area contributed by atoms with Crippen molar-refractivity contribution in [1.82, 2.24) is 0 Å². The molecule has 20 heavy (non-hydrogen) atoms. The fourth-order valence-corrected chi connectivity index (χ4v) is 2.09. The molecule has 1 rings (SSSR count). The lowest BCUT2D eigenvalue weighted by molar-refractivity contribution is 0.561. The molecule has 0 aliphatic heterocycles. The van der Waals surface area contributed by atoms with E-state index in [2.05, 4.69) is 48.9 Å². The van der Waals surface area contributed by atoms with Gasteiger partial charge in [-0.3, -0.25) is 0 Å². The Morgan fingerprint density at radius 1 is 0.950 bits per heavy atom. The summed E-state index contributed by atoms with van der Waals surface area (Å²) in [5.74, 6) is 0. The molecule has 0 saturated heterocycles. The number of hydrogen-bond acceptors (Lipinski definition) is 2. The van der Waals surface area contributed by atoms with Crippen LogP contribution in [-0.4, -0.2) is 12.6 Å². The number of hydrogen-bond donors (Lipinski definition) is 0. The normalized spacial score (nSPS) is 10.9. The van der Waals surface area contributed by atoms with Crippen molar-refractivity contribution >= 4 is 6.01 Å². The van der Waals surface area contributed by atoms with Crippen LogP contribution < -0.4 is 0 Å². The highest BCUT2D eigenvalue weighted by Crippen LogP contribution is 2.23. The zero-order chi connectivity index (χ0) is 14.7. The SMILES string of the molecule is CCCCCCCCN=C=NC(C)(C)c1ccccc1. The minimum absolute atomic E-state index is 0.244. The second-order valence-corrected chi connectivity index (χ2v) is 5.79. The van der Waals surface area contributed by atoms with Gasteiger partial charge in [-0.05, 0) is 25.8 Å². The molecule has 0 aliphatic carbocycles. The van der Waals surface area contributed by atoms with Crippen molar-refractivity contribution in [3.8, 4) is 0 Å². The number of nitrogens with zero attached hydrogens (tertiary/aromatic N) is 2. The standard InChI is InChI=1S/C18H28N2/c1-4-5-6-7-8-12-15-19-16-20-18(2,3)17-13-10-9-11-14-17/h9-11,13-14H,4-8,12,15H2,1-3H3. The van der Waals surface area contributed by atoms with Crippen LogP contribution in [0, 0.1) is 0 Å². The Labute approximate surface area is 124 Å². The highest BCUT2D eigenvalue weighted by molar-refractivity contribution is 5.43. The van der Waals surface area contributed by atoms with Gasteiger partial charge in [0.25, 0.3) is 0 Å². The topological polar surface area (TPSA) is 24.7 Å². The lowest BCUT2D eigenvalue weighted by atomic mass is 9.95. The molecule has 0 amide bonds. The number of rotatable bonds is 9. The fraction of sp³-hybridized carbons (Fsp3) is 0.611. The van der Waals surface area contributed by atoms with Gasteiger partial charge >= 0.3 is 0 Å². The van der Waals surface area contributed by atoms with E-state index in [9.17, 15) is 0 Å². The average Bonchev–Trinajstić information content (AvgIpc) is 2.46. The zero-order valence-electron chi connectivity index (χ0n) is 13.2. The van der Waals surface area contributed by atoms with Crippen molar-refractivity contribution in [3.05, 3.63) is 35.9 Å². The van der Waals surface area contributed by atoms with Gasteiger partial charge in [0.1, 0.15) is 0 Å². The third-order valence-electron chi connectivity index (χ3n) is 3.50. The van der Waals surface area contributed by atoms with E-state index >= 15 is 0 Å². The van der Waals surface area contributed by atoms with Crippen LogP contribution in [0.15, 0.2) is 40.3 Å². The molecule has 0 N–H and O–H groups in total. The van der Waals surface area contributed by atoms with Gasteiger partial charge in [-0.2, -0.15) is 0 Å². The quantitative estimate of drug-likeness (QED) is 0.421. The van der Waals surface area contributed by atoms with Crippen molar-refractivity contribution in [2.24, 2.45) is 9.98 Å². The Morgan fingerprint density at radius 2 is 1.60 bits per heavy atom. The maximum atomic E-state index is 4.46. The molecule has 0 radical (unpaired) electrons. The van der Waals surface area contributed by atoms with Crippen LogP contribution in [0.2, 0.25) is 0 Å². The summed E-state index contributed by atoms with van der Waals surface area (Å²) in [6.45, 7) is 7.28. The lowest BCUT2D eigenvalue weighted by Crippen LogP contribution is -2.12. The second kappa shape index (κ2) is 9.50. The van der Waals surface area contributed by atoms with E-state index in [0.29, 0.717) is 0 Å². The van der Waals surface area contributed by atoms with Crippen LogP contribution in [0.1, 0.15) is 64.9 Å². The molecule has 0 saturated carbocycles. The molecule has 0 bridgehead atoms. The molecule has 0 aliphatic rings. The van der Waals surface area contributed by atoms with Crippen LogP contribution in [0.4, 0.5) is 0 Å². The molecule has 2 heteroatoms. The first-order valence-electron chi connectivity index (χ1n) is 7.85. The molecule has 2 nitrogen and oxygen atoms in total. The summed E-state index contributed by atoms with van der Waals surface area (Å²) >= 11 is 0. The van der Waals surface area contributed by atoms with Crippen LogP contribution in [0.5, 0.6) is 0 Å². The number of unbranched alkanes of at least 4 members (excludes halogenated alkanes) is 5. The lowest BCUT2D eigenvalue weighted by Gasteiger charge is -2.17. The van der Waals surface area contributed by atoms with Crippen molar-refractivity contribution in [1.29, 1.82) is 0 Å². The minimum atomic E-state index is -0.244. The molecule has 0 aromatic heterocycles. The predicted molar refractivity (Wildman–Crippen MR) is 87.6 cm³/mol. The van der Waals surface area contributed by atoms with Gasteiger partial charge in [0, 0.05) is 6.54 Å². The van der Waals surface area contributed by atoms with Gasteiger partial charge in [0.15, 0.2) is 0 Å². The van der Waals surface area contributed by atoms with Gasteiger partial charge in [-0.15, -0.1) is 0 Å². The molecular formula is C18H28N2. The van der Waals surface area contributed by atoms with Gasteiger partial charge in [0.05, 0.1) is 11.5 Å². The Hall–Kier alpha value is -1.40. The molecule has 110 valence electrons. The zero-order valence-corrected chi connectivity index (χ0v) is 13.2. The van der Waals surface area contributed by atoms with Gasteiger partial charge in [-0.1, -0.05) is 69.4 Å². The highest BCUT2D eigenvalue weighted by Gasteiger charge is 2.17. The Morgan fingerprint density at radius 3 is 2.30 bits per heavy atom. The van der Waals surface area contributed by atoms with Gasteiger partial charge in [-0.25, -0.2) is 9.98 Å². The van der Waals surface area contributed by atoms with Crippen molar-refractivity contribution in [2.75, 3.05) is 6.54 Å². The Bertz CT molecular complexity index is 414. The summed E-state index contributed by atoms with van der Waals surface area (Å²) in [4.78, 5) is 8.74. The summed E-state index contributed by atoms with van der Waals surface area (Å²) in [6.07, 6.45) is 7.77. The van der Waals surface area contributed by atoms with E-state index in [1.54, 1.807) is 0 Å². The van der Waals surface area contributed by atoms with Crippen molar-refractivity contribution in [2.45, 2.75) is 64.8 Å². The molecular weight excluding hydrogens is 244 g/mol. The molecule has 0 unspecified atom stereocenters. The van der Waals surface area contributed by atoms with E-state index in [1.165, 1.54) is 37.7 Å². The Balaban J connectivity index is 2.30. The molecule has 1 aromatic carbocycles. The minimum Gasteiger partial charge on any atom is -0.226 e. The maximum Gasteiger partial charge on any atom is 0.0910 e. The molecule has 0 atom stereocenters. The summed E-state index contributed by atoms with van der Waals surface area (Å²) in [6, 6.07) is 13.2. The van der Waals surface area contributed by atoms with Crippen molar-refractivity contribution < 1.29 is 0 Å². The first-order valence-corrected chi connectivity index (χ1v) is 7.85. The van der Waals surface area contributed by atoms with Crippen LogP contribution in [-0.2, 0) is 5.54 Å². The Kier molecular flexibility index (Phi) is 7.91. The summed E-state index contributed by atoms with van der Waals surface area (Å²) in [5.41, 5.74) is 0.952. The van der Waals surface area contributed by atoms with Crippen molar-refractivity contribution in [3.63, 3.8) is 0 Å². The maximum absolute atomic E-state index is 4.46. The summed E-state index contributed by atoms with van der Waals surface area (Å²) in [7, 11) is 0. The van der Waals surface area contributed by atoms with Gasteiger partial charge < -0.3 is 0 Å². The van der Waals surface area contributed by atoms with E-state index < -0.39 is 0 Å². The largest absolute Gasteiger partial charge is 0.226 e. The second-order valence-electron chi connectivity index (χ2n) is 5.79. The first kappa shape index (κ1) is 16.7. The third kappa shape index (κ3) is 6.68. The smallest absolute Gasteiger partial charge is 0.0910 e. The van der Waals surface area contributed by atoms with Crippen LogP contribution in [0.3, 0.4) is 0 Å². The third-order valence-corrected chi connectivity index (χ3v) is 3.50. The molecule has 1 aromatic rings.